The standard InChI is InChI=1S/C25H30N4O5/c26-19(14-17-8-3-1-4-9-17)23(31)27-16-22(30)29-13-7-12-21(29)24(32)28-20(25(33)34)15-18-10-5-2-6-11-18/h1-6,8-11,19-21H,7,12-16,26H2,(H,27,31)(H,28,32)(H,33,34)/t19-,20-,21-/m0/s1. The molecule has 0 unspecified atom stereocenters. The number of nitrogens with one attached hydrogen (secondary N) is 2. The number of carbonyl (C=O) groups excluding carboxylic acids is 3. The van der Waals surface area contributed by atoms with E-state index in [-0.39, 0.29) is 13.0 Å². The zero-order valence-corrected chi connectivity index (χ0v) is 18.9. The van der Waals surface area contributed by atoms with Gasteiger partial charge in [-0.3, -0.25) is 14.4 Å². The van der Waals surface area contributed by atoms with Crippen LogP contribution < -0.4 is 16.4 Å². The number of hydrogen-bond acceptors (Lipinski definition) is 5. The van der Waals surface area contributed by atoms with E-state index < -0.39 is 41.8 Å². The van der Waals surface area contributed by atoms with Gasteiger partial charge >= 0.3 is 5.97 Å². The van der Waals surface area contributed by atoms with Gasteiger partial charge in [-0.2, -0.15) is 0 Å². The Bertz CT molecular complexity index is 999. The molecule has 3 rings (SSSR count). The van der Waals surface area contributed by atoms with Gasteiger partial charge < -0.3 is 26.4 Å². The normalized spacial score (nSPS) is 17.0. The third kappa shape index (κ3) is 6.89. The average molecular weight is 467 g/mol. The van der Waals surface area contributed by atoms with E-state index in [1.165, 1.54) is 4.90 Å². The number of carboxylic acid groups (broad SMARTS) is 1. The van der Waals surface area contributed by atoms with Gasteiger partial charge in [0.05, 0.1) is 12.6 Å². The Hall–Kier alpha value is -3.72. The van der Waals surface area contributed by atoms with Gasteiger partial charge in [-0.05, 0) is 30.4 Å². The molecule has 1 aliphatic heterocycles. The molecule has 180 valence electrons. The third-order valence-electron chi connectivity index (χ3n) is 5.82. The van der Waals surface area contributed by atoms with Crippen molar-refractivity contribution in [2.75, 3.05) is 13.1 Å². The maximum Gasteiger partial charge on any atom is 0.326 e. The number of benzene rings is 2. The molecule has 34 heavy (non-hydrogen) atoms. The number of amides is 3. The summed E-state index contributed by atoms with van der Waals surface area (Å²) in [5.41, 5.74) is 7.65. The van der Waals surface area contributed by atoms with E-state index in [1.807, 2.05) is 36.4 Å². The maximum atomic E-state index is 12.8. The van der Waals surface area contributed by atoms with Gasteiger partial charge in [-0.1, -0.05) is 60.7 Å². The first kappa shape index (κ1) is 24.9. The van der Waals surface area contributed by atoms with E-state index in [0.29, 0.717) is 25.8 Å². The summed E-state index contributed by atoms with van der Waals surface area (Å²) in [5.74, 6) is -2.52. The second kappa shape index (κ2) is 11.9. The van der Waals surface area contributed by atoms with Gasteiger partial charge in [0.15, 0.2) is 0 Å². The number of nitrogens with two attached hydrogens (primary N) is 1. The van der Waals surface area contributed by atoms with Crippen LogP contribution in [0.1, 0.15) is 24.0 Å². The minimum atomic E-state index is -1.15. The molecule has 1 fully saturated rings. The van der Waals surface area contributed by atoms with Crippen LogP contribution in [-0.2, 0) is 32.0 Å². The molecule has 1 aliphatic rings. The van der Waals surface area contributed by atoms with Crippen molar-refractivity contribution >= 4 is 23.7 Å². The third-order valence-corrected chi connectivity index (χ3v) is 5.82. The number of rotatable bonds is 10. The maximum absolute atomic E-state index is 12.8. The number of nitrogens with zero attached hydrogens (tertiary/aromatic N) is 1. The lowest BCUT2D eigenvalue weighted by atomic mass is 10.1. The molecule has 2 aromatic carbocycles. The molecule has 5 N–H and O–H groups in total. The number of likely N-dealkylation sites (tertiary alicyclic amines) is 1. The molecule has 9 heteroatoms. The smallest absolute Gasteiger partial charge is 0.326 e. The molecule has 0 radical (unpaired) electrons. The van der Waals surface area contributed by atoms with Crippen molar-refractivity contribution in [3.63, 3.8) is 0 Å². The summed E-state index contributed by atoms with van der Waals surface area (Å²) in [4.78, 5) is 51.0. The lowest BCUT2D eigenvalue weighted by Gasteiger charge is -2.26. The fourth-order valence-corrected chi connectivity index (χ4v) is 4.01. The molecule has 0 aromatic heterocycles. The van der Waals surface area contributed by atoms with E-state index in [0.717, 1.165) is 11.1 Å². The van der Waals surface area contributed by atoms with Crippen molar-refractivity contribution < 1.29 is 24.3 Å². The van der Waals surface area contributed by atoms with Crippen molar-refractivity contribution in [1.29, 1.82) is 0 Å². The highest BCUT2D eigenvalue weighted by atomic mass is 16.4. The highest BCUT2D eigenvalue weighted by Crippen LogP contribution is 2.18. The van der Waals surface area contributed by atoms with Crippen molar-refractivity contribution in [3.8, 4) is 0 Å². The summed E-state index contributed by atoms with van der Waals surface area (Å²) < 4.78 is 0. The molecule has 0 spiro atoms. The highest BCUT2D eigenvalue weighted by Gasteiger charge is 2.36. The van der Waals surface area contributed by atoms with E-state index in [4.69, 9.17) is 5.73 Å². The monoisotopic (exact) mass is 466 g/mol. The van der Waals surface area contributed by atoms with Crippen molar-refractivity contribution in [2.45, 2.75) is 43.8 Å². The van der Waals surface area contributed by atoms with Crippen LogP contribution in [0, 0.1) is 0 Å². The van der Waals surface area contributed by atoms with Gasteiger partial charge in [0, 0.05) is 13.0 Å². The van der Waals surface area contributed by atoms with Gasteiger partial charge in [0.2, 0.25) is 17.7 Å². The van der Waals surface area contributed by atoms with Crippen LogP contribution >= 0.6 is 0 Å². The Balaban J connectivity index is 1.52. The summed E-state index contributed by atoms with van der Waals surface area (Å²) in [6.07, 6.45) is 1.52. The quantitative estimate of drug-likeness (QED) is 0.401. The fraction of sp³-hybridized carbons (Fsp3) is 0.360. The summed E-state index contributed by atoms with van der Waals surface area (Å²) in [6.45, 7) is 0.0801. The Labute approximate surface area is 198 Å². The van der Waals surface area contributed by atoms with E-state index in [2.05, 4.69) is 10.6 Å². The zero-order chi connectivity index (χ0) is 24.5. The molecule has 0 bridgehead atoms. The minimum Gasteiger partial charge on any atom is -0.480 e. The molecule has 3 atom stereocenters. The molecule has 0 saturated carbocycles. The molecule has 1 saturated heterocycles. The first-order valence-corrected chi connectivity index (χ1v) is 11.3. The summed E-state index contributed by atoms with van der Waals surface area (Å²) in [5, 5.41) is 14.7. The summed E-state index contributed by atoms with van der Waals surface area (Å²) in [7, 11) is 0. The predicted molar refractivity (Wildman–Crippen MR) is 126 cm³/mol. The number of carboxylic acids is 1. The van der Waals surface area contributed by atoms with Crippen LogP contribution in [0.15, 0.2) is 60.7 Å². The van der Waals surface area contributed by atoms with E-state index >= 15 is 0 Å². The summed E-state index contributed by atoms with van der Waals surface area (Å²) in [6, 6.07) is 15.6. The largest absolute Gasteiger partial charge is 0.480 e. The lowest BCUT2D eigenvalue weighted by Crippen LogP contribution is -2.53. The SMILES string of the molecule is N[C@@H](Cc1ccccc1)C(=O)NCC(=O)N1CCC[C@H]1C(=O)N[C@@H](Cc1ccccc1)C(=O)O. The lowest BCUT2D eigenvalue weighted by molar-refractivity contribution is -0.144. The molecular formula is C25H30N4O5. The van der Waals surface area contributed by atoms with Crippen molar-refractivity contribution in [2.24, 2.45) is 5.73 Å². The Morgan fingerprint density at radius 1 is 0.971 bits per heavy atom. The van der Waals surface area contributed by atoms with E-state index in [1.54, 1.807) is 24.3 Å². The molecule has 3 amide bonds. The Morgan fingerprint density at radius 3 is 2.15 bits per heavy atom. The fourth-order valence-electron chi connectivity index (χ4n) is 4.01. The second-order valence-corrected chi connectivity index (χ2v) is 8.35. The predicted octanol–water partition coefficient (Wildman–Crippen LogP) is 0.476. The van der Waals surface area contributed by atoms with Gasteiger partial charge in [-0.25, -0.2) is 4.79 Å². The van der Waals surface area contributed by atoms with Gasteiger partial charge in [-0.15, -0.1) is 0 Å². The van der Waals surface area contributed by atoms with Crippen LogP contribution in [0.2, 0.25) is 0 Å². The van der Waals surface area contributed by atoms with Crippen LogP contribution in [0.4, 0.5) is 0 Å². The van der Waals surface area contributed by atoms with Crippen molar-refractivity contribution in [1.82, 2.24) is 15.5 Å². The number of hydrogen-bond donors (Lipinski definition) is 4. The minimum absolute atomic E-state index is 0.137. The van der Waals surface area contributed by atoms with Gasteiger partial charge in [0.1, 0.15) is 12.1 Å². The molecule has 0 aliphatic carbocycles. The van der Waals surface area contributed by atoms with Crippen LogP contribution in [0.5, 0.6) is 0 Å². The first-order chi connectivity index (χ1) is 16.3. The van der Waals surface area contributed by atoms with Crippen molar-refractivity contribution in [3.05, 3.63) is 71.8 Å². The topological polar surface area (TPSA) is 142 Å². The zero-order valence-electron chi connectivity index (χ0n) is 18.9. The van der Waals surface area contributed by atoms with Gasteiger partial charge in [0.25, 0.3) is 0 Å². The first-order valence-electron chi connectivity index (χ1n) is 11.3. The molecular weight excluding hydrogens is 436 g/mol. The Morgan fingerprint density at radius 2 is 1.56 bits per heavy atom. The van der Waals surface area contributed by atoms with Crippen LogP contribution in [0.3, 0.4) is 0 Å². The number of carbonyl (C=O) groups is 4. The molecule has 2 aromatic rings. The second-order valence-electron chi connectivity index (χ2n) is 8.35. The van der Waals surface area contributed by atoms with Crippen LogP contribution in [-0.4, -0.2) is 64.9 Å². The molecule has 9 nitrogen and oxygen atoms in total. The number of aliphatic carboxylic acids is 1. The average Bonchev–Trinajstić information content (AvgIpc) is 3.33. The summed E-state index contributed by atoms with van der Waals surface area (Å²) >= 11 is 0. The highest BCUT2D eigenvalue weighted by molar-refractivity contribution is 5.93. The van der Waals surface area contributed by atoms with Crippen LogP contribution in [0.25, 0.3) is 0 Å². The Kier molecular flexibility index (Phi) is 8.75. The van der Waals surface area contributed by atoms with E-state index in [9.17, 15) is 24.3 Å². The molecule has 1 heterocycles.